The van der Waals surface area contributed by atoms with E-state index in [0.29, 0.717) is 10.3 Å². The molecule has 1 amide bonds. The van der Waals surface area contributed by atoms with Crippen molar-refractivity contribution in [2.75, 3.05) is 19.0 Å². The maximum absolute atomic E-state index is 12.1. The Balaban J connectivity index is 1.68. The minimum absolute atomic E-state index is 0.279. The fraction of sp³-hybridized carbons (Fsp3) is 0.118. The molecule has 0 unspecified atom stereocenters. The molecule has 7 heteroatoms. The van der Waals surface area contributed by atoms with Crippen molar-refractivity contribution < 1.29 is 4.79 Å². The smallest absolute Gasteiger partial charge is 0.271 e. The Morgan fingerprint density at radius 1 is 1.12 bits per heavy atom. The molecule has 3 N–H and O–H groups in total. The zero-order valence-corrected chi connectivity index (χ0v) is 14.1. The summed E-state index contributed by atoms with van der Waals surface area (Å²) in [7, 11) is 3.97. The molecule has 0 aliphatic heterocycles. The lowest BCUT2D eigenvalue weighted by Gasteiger charge is -2.11. The number of hydrazone groups is 1. The van der Waals surface area contributed by atoms with Gasteiger partial charge in [0, 0.05) is 25.3 Å². The lowest BCUT2D eigenvalue weighted by Crippen LogP contribution is -2.17. The van der Waals surface area contributed by atoms with Crippen molar-refractivity contribution in [1.82, 2.24) is 15.4 Å². The Labute approximate surface area is 144 Å². The van der Waals surface area contributed by atoms with Gasteiger partial charge in [-0.15, -0.1) is 0 Å². The van der Waals surface area contributed by atoms with E-state index in [9.17, 15) is 4.79 Å². The molecule has 0 aliphatic rings. The van der Waals surface area contributed by atoms with Crippen LogP contribution in [0.25, 0.3) is 11.0 Å². The highest BCUT2D eigenvalue weighted by Gasteiger charge is 2.06. The zero-order chi connectivity index (χ0) is 17.1. The highest BCUT2D eigenvalue weighted by atomic mass is 32.1. The number of imidazole rings is 1. The van der Waals surface area contributed by atoms with Gasteiger partial charge in [-0.2, -0.15) is 5.10 Å². The minimum Gasteiger partial charge on any atom is -0.378 e. The van der Waals surface area contributed by atoms with Crippen LogP contribution in [0.3, 0.4) is 0 Å². The molecule has 122 valence electrons. The van der Waals surface area contributed by atoms with Crippen LogP contribution >= 0.6 is 12.2 Å². The summed E-state index contributed by atoms with van der Waals surface area (Å²) in [6.45, 7) is 0. The predicted octanol–water partition coefficient (Wildman–Crippen LogP) is 3.06. The van der Waals surface area contributed by atoms with Gasteiger partial charge in [0.2, 0.25) is 0 Å². The number of aromatic nitrogens is 2. The minimum atomic E-state index is -0.279. The number of nitrogens with one attached hydrogen (secondary N) is 3. The topological polar surface area (TPSA) is 76.3 Å². The maximum Gasteiger partial charge on any atom is 0.271 e. The van der Waals surface area contributed by atoms with Crippen LogP contribution in [0.1, 0.15) is 15.9 Å². The monoisotopic (exact) mass is 339 g/mol. The highest BCUT2D eigenvalue weighted by Crippen LogP contribution is 2.13. The van der Waals surface area contributed by atoms with Crippen LogP contribution in [0.15, 0.2) is 47.6 Å². The molecule has 0 radical (unpaired) electrons. The second-order valence-corrected chi connectivity index (χ2v) is 5.93. The van der Waals surface area contributed by atoms with Gasteiger partial charge in [0.25, 0.3) is 5.91 Å². The molecule has 6 nitrogen and oxygen atoms in total. The van der Waals surface area contributed by atoms with Crippen LogP contribution in [-0.4, -0.2) is 36.2 Å². The Morgan fingerprint density at radius 3 is 2.54 bits per heavy atom. The first-order valence-corrected chi connectivity index (χ1v) is 7.76. The van der Waals surface area contributed by atoms with Gasteiger partial charge in [0.15, 0.2) is 4.77 Å². The van der Waals surface area contributed by atoms with E-state index in [1.165, 1.54) is 0 Å². The molecule has 0 spiro atoms. The van der Waals surface area contributed by atoms with E-state index in [4.69, 9.17) is 12.2 Å². The number of fused-ring (bicyclic) bond motifs is 1. The second-order valence-electron chi connectivity index (χ2n) is 5.52. The quantitative estimate of drug-likeness (QED) is 0.388. The Kier molecular flexibility index (Phi) is 4.43. The molecule has 0 bridgehead atoms. The molecule has 3 rings (SSSR count). The summed E-state index contributed by atoms with van der Waals surface area (Å²) < 4.78 is 0.529. The fourth-order valence-electron chi connectivity index (χ4n) is 2.26. The molecular formula is C17H17N5OS. The van der Waals surface area contributed by atoms with Gasteiger partial charge < -0.3 is 14.9 Å². The largest absolute Gasteiger partial charge is 0.378 e. The van der Waals surface area contributed by atoms with E-state index in [1.54, 1.807) is 24.4 Å². The van der Waals surface area contributed by atoms with Crippen molar-refractivity contribution in [3.63, 3.8) is 0 Å². The lowest BCUT2D eigenvalue weighted by molar-refractivity contribution is 0.0955. The van der Waals surface area contributed by atoms with Crippen molar-refractivity contribution in [3.05, 3.63) is 58.4 Å². The molecule has 24 heavy (non-hydrogen) atoms. The first-order chi connectivity index (χ1) is 11.5. The van der Waals surface area contributed by atoms with Crippen LogP contribution in [0.2, 0.25) is 0 Å². The molecule has 1 aromatic heterocycles. The Bertz CT molecular complexity index is 953. The predicted molar refractivity (Wildman–Crippen MR) is 99.3 cm³/mol. The molecule has 1 heterocycles. The van der Waals surface area contributed by atoms with E-state index < -0.39 is 0 Å². The summed E-state index contributed by atoms with van der Waals surface area (Å²) in [4.78, 5) is 20.1. The third kappa shape index (κ3) is 3.52. The number of rotatable bonds is 4. The van der Waals surface area contributed by atoms with Gasteiger partial charge in [0.1, 0.15) is 0 Å². The fourth-order valence-corrected chi connectivity index (χ4v) is 2.48. The summed E-state index contributed by atoms with van der Waals surface area (Å²) in [5, 5.41) is 4.00. The summed E-state index contributed by atoms with van der Waals surface area (Å²) in [6, 6.07) is 13.1. The molecule has 0 aliphatic carbocycles. The second kappa shape index (κ2) is 6.67. The van der Waals surface area contributed by atoms with E-state index >= 15 is 0 Å². The van der Waals surface area contributed by atoms with Crippen LogP contribution in [0.4, 0.5) is 5.69 Å². The number of amides is 1. The van der Waals surface area contributed by atoms with E-state index in [1.807, 2.05) is 43.3 Å². The third-order valence-corrected chi connectivity index (χ3v) is 3.77. The maximum atomic E-state index is 12.1. The van der Waals surface area contributed by atoms with Gasteiger partial charge in [-0.05, 0) is 48.1 Å². The molecule has 0 saturated carbocycles. The number of hydrogen-bond donors (Lipinski definition) is 3. The molecule has 2 aromatic carbocycles. The molecule has 3 aromatic rings. The molecule has 0 fully saturated rings. The van der Waals surface area contributed by atoms with Gasteiger partial charge >= 0.3 is 0 Å². The van der Waals surface area contributed by atoms with Crippen molar-refractivity contribution in [2.45, 2.75) is 0 Å². The molecular weight excluding hydrogens is 322 g/mol. The van der Waals surface area contributed by atoms with E-state index in [0.717, 1.165) is 22.3 Å². The number of H-pyrrole nitrogens is 2. The number of aromatic amines is 2. The summed E-state index contributed by atoms with van der Waals surface area (Å²) in [5.74, 6) is -0.279. The molecule has 0 atom stereocenters. The normalized spacial score (nSPS) is 11.1. The number of carbonyl (C=O) groups excluding carboxylic acids is 1. The average Bonchev–Trinajstić information content (AvgIpc) is 2.94. The Hall–Kier alpha value is -2.93. The lowest BCUT2D eigenvalue weighted by atomic mass is 10.2. The first-order valence-electron chi connectivity index (χ1n) is 7.36. The third-order valence-electron chi connectivity index (χ3n) is 3.57. The zero-order valence-electron chi connectivity index (χ0n) is 13.3. The Morgan fingerprint density at radius 2 is 1.83 bits per heavy atom. The standard InChI is InChI=1S/C17H17N5OS/c1-22(2)13-6-3-11(4-7-13)10-18-21-16(23)12-5-8-14-15(9-12)20-17(24)19-14/h3-10H,1-2H3,(H,21,23)(H2,19,20,24)/b18-10-. The van der Waals surface area contributed by atoms with E-state index in [2.05, 4.69) is 20.5 Å². The van der Waals surface area contributed by atoms with E-state index in [-0.39, 0.29) is 5.91 Å². The molecule has 0 saturated heterocycles. The van der Waals surface area contributed by atoms with Gasteiger partial charge in [-0.3, -0.25) is 4.79 Å². The van der Waals surface area contributed by atoms with Gasteiger partial charge in [-0.25, -0.2) is 5.43 Å². The highest BCUT2D eigenvalue weighted by molar-refractivity contribution is 7.71. The number of anilines is 1. The summed E-state index contributed by atoms with van der Waals surface area (Å²) in [6.07, 6.45) is 1.61. The number of hydrogen-bond acceptors (Lipinski definition) is 4. The number of benzene rings is 2. The number of nitrogens with zero attached hydrogens (tertiary/aromatic N) is 2. The van der Waals surface area contributed by atoms with Crippen molar-refractivity contribution in [3.8, 4) is 0 Å². The van der Waals surface area contributed by atoms with Crippen molar-refractivity contribution in [2.24, 2.45) is 5.10 Å². The average molecular weight is 339 g/mol. The van der Waals surface area contributed by atoms with Gasteiger partial charge in [0.05, 0.1) is 17.2 Å². The van der Waals surface area contributed by atoms with Gasteiger partial charge in [-0.1, -0.05) is 12.1 Å². The summed E-state index contributed by atoms with van der Waals surface area (Å²) in [5.41, 5.74) is 6.70. The van der Waals surface area contributed by atoms with Crippen LogP contribution < -0.4 is 10.3 Å². The van der Waals surface area contributed by atoms with Crippen molar-refractivity contribution in [1.29, 1.82) is 0 Å². The first kappa shape index (κ1) is 15.9. The number of carbonyl (C=O) groups is 1. The van der Waals surface area contributed by atoms with Crippen LogP contribution in [-0.2, 0) is 0 Å². The summed E-state index contributed by atoms with van der Waals surface area (Å²) >= 11 is 5.03. The van der Waals surface area contributed by atoms with Crippen molar-refractivity contribution >= 4 is 41.1 Å². The van der Waals surface area contributed by atoms with Crippen LogP contribution in [0, 0.1) is 4.77 Å². The van der Waals surface area contributed by atoms with Crippen LogP contribution in [0.5, 0.6) is 0 Å². The SMILES string of the molecule is CN(C)c1ccc(/C=N\NC(=O)c2ccc3[nH]c(=S)[nH]c3c2)cc1.